The molecule has 6 heteroatoms. The molecule has 1 aromatic carbocycles. The van der Waals surface area contributed by atoms with Crippen LogP contribution >= 0.6 is 0 Å². The van der Waals surface area contributed by atoms with E-state index in [-0.39, 0.29) is 0 Å². The molecule has 1 atom stereocenters. The van der Waals surface area contributed by atoms with E-state index in [0.29, 0.717) is 22.8 Å². The molecule has 0 spiro atoms. The number of hydrogen-bond donors (Lipinski definition) is 3. The molecule has 0 amide bonds. The van der Waals surface area contributed by atoms with Gasteiger partial charge >= 0.3 is 5.76 Å². The first-order valence-electron chi connectivity index (χ1n) is 7.12. The van der Waals surface area contributed by atoms with Crippen molar-refractivity contribution in [3.05, 3.63) is 22.7 Å². The van der Waals surface area contributed by atoms with Crippen molar-refractivity contribution in [2.24, 2.45) is 0 Å². The fraction of sp³-hybridized carbons (Fsp3) is 0.500. The SMILES string of the molecule is Nc1cc2oc(=O)[nH]c2cc1NC1CCN(C2CC2)C1. The number of likely N-dealkylation sites (tertiary alicyclic amines) is 1. The Labute approximate surface area is 115 Å². The summed E-state index contributed by atoms with van der Waals surface area (Å²) in [5.41, 5.74) is 8.70. The van der Waals surface area contributed by atoms with Gasteiger partial charge in [0.05, 0.1) is 16.9 Å². The van der Waals surface area contributed by atoms with Crippen LogP contribution in [0.5, 0.6) is 0 Å². The van der Waals surface area contributed by atoms with E-state index in [2.05, 4.69) is 15.2 Å². The highest BCUT2D eigenvalue weighted by Crippen LogP contribution is 2.32. The minimum Gasteiger partial charge on any atom is -0.408 e. The van der Waals surface area contributed by atoms with E-state index in [0.717, 1.165) is 31.2 Å². The summed E-state index contributed by atoms with van der Waals surface area (Å²) in [5.74, 6) is -0.447. The first kappa shape index (κ1) is 11.8. The molecular formula is C14H18N4O2. The van der Waals surface area contributed by atoms with E-state index in [1.807, 2.05) is 6.07 Å². The highest BCUT2D eigenvalue weighted by atomic mass is 16.4. The number of benzene rings is 1. The van der Waals surface area contributed by atoms with Crippen LogP contribution in [0, 0.1) is 0 Å². The Bertz CT molecular complexity index is 701. The number of nitrogen functional groups attached to an aromatic ring is 1. The van der Waals surface area contributed by atoms with E-state index in [4.69, 9.17) is 10.2 Å². The molecule has 1 aliphatic heterocycles. The van der Waals surface area contributed by atoms with Crippen LogP contribution in [0.3, 0.4) is 0 Å². The third-order valence-electron chi connectivity index (χ3n) is 4.23. The second-order valence-electron chi connectivity index (χ2n) is 5.81. The quantitative estimate of drug-likeness (QED) is 0.735. The average molecular weight is 274 g/mol. The number of anilines is 2. The fourth-order valence-electron chi connectivity index (χ4n) is 3.03. The fourth-order valence-corrected chi connectivity index (χ4v) is 3.03. The highest BCUT2D eigenvalue weighted by molar-refractivity contribution is 5.85. The molecule has 0 bridgehead atoms. The molecule has 4 N–H and O–H groups in total. The van der Waals surface area contributed by atoms with E-state index < -0.39 is 5.76 Å². The molecular weight excluding hydrogens is 256 g/mol. The summed E-state index contributed by atoms with van der Waals surface area (Å²) in [4.78, 5) is 16.4. The normalized spacial score (nSPS) is 23.5. The van der Waals surface area contributed by atoms with Gasteiger partial charge in [-0.05, 0) is 25.3 Å². The number of nitrogens with one attached hydrogen (secondary N) is 2. The van der Waals surface area contributed by atoms with Crippen LogP contribution in [0.2, 0.25) is 0 Å². The number of H-pyrrole nitrogens is 1. The third-order valence-corrected chi connectivity index (χ3v) is 4.23. The lowest BCUT2D eigenvalue weighted by molar-refractivity contribution is 0.326. The summed E-state index contributed by atoms with van der Waals surface area (Å²) in [6.45, 7) is 2.23. The van der Waals surface area contributed by atoms with E-state index in [1.54, 1.807) is 6.07 Å². The van der Waals surface area contributed by atoms with Crippen LogP contribution < -0.4 is 16.8 Å². The van der Waals surface area contributed by atoms with Crippen molar-refractivity contribution in [3.63, 3.8) is 0 Å². The lowest BCUT2D eigenvalue weighted by Gasteiger charge is -2.17. The van der Waals surface area contributed by atoms with Crippen molar-refractivity contribution in [2.75, 3.05) is 24.1 Å². The first-order chi connectivity index (χ1) is 9.69. The molecule has 2 aromatic rings. The van der Waals surface area contributed by atoms with Crippen LogP contribution in [0.25, 0.3) is 11.1 Å². The van der Waals surface area contributed by atoms with Crippen molar-refractivity contribution in [1.29, 1.82) is 0 Å². The van der Waals surface area contributed by atoms with Gasteiger partial charge in [0, 0.05) is 31.2 Å². The summed E-state index contributed by atoms with van der Waals surface area (Å²) < 4.78 is 5.00. The molecule has 1 aliphatic carbocycles. The van der Waals surface area contributed by atoms with Crippen molar-refractivity contribution in [1.82, 2.24) is 9.88 Å². The average Bonchev–Trinajstić information content (AvgIpc) is 3.05. The summed E-state index contributed by atoms with van der Waals surface area (Å²) >= 11 is 0. The number of oxazole rings is 1. The monoisotopic (exact) mass is 274 g/mol. The molecule has 2 heterocycles. The number of nitrogens with zero attached hydrogens (tertiary/aromatic N) is 1. The van der Waals surface area contributed by atoms with Crippen molar-refractivity contribution in [3.8, 4) is 0 Å². The topological polar surface area (TPSA) is 87.3 Å². The molecule has 4 rings (SSSR count). The molecule has 1 saturated carbocycles. The van der Waals surface area contributed by atoms with Gasteiger partial charge in [0.15, 0.2) is 5.58 Å². The zero-order chi connectivity index (χ0) is 13.7. The zero-order valence-corrected chi connectivity index (χ0v) is 11.2. The van der Waals surface area contributed by atoms with Crippen LogP contribution in [0.4, 0.5) is 11.4 Å². The molecule has 1 unspecified atom stereocenters. The maximum Gasteiger partial charge on any atom is 0.417 e. The summed E-state index contributed by atoms with van der Waals surface area (Å²) in [6, 6.07) is 4.79. The second kappa shape index (κ2) is 4.28. The van der Waals surface area contributed by atoms with Crippen LogP contribution in [-0.4, -0.2) is 35.1 Å². The van der Waals surface area contributed by atoms with E-state index in [9.17, 15) is 4.79 Å². The molecule has 20 heavy (non-hydrogen) atoms. The molecule has 2 aliphatic rings. The lowest BCUT2D eigenvalue weighted by atomic mass is 10.2. The van der Waals surface area contributed by atoms with Crippen molar-refractivity contribution >= 4 is 22.5 Å². The standard InChI is InChI=1S/C14H18N4O2/c15-10-5-13-12(17-14(19)20-13)6-11(10)16-8-3-4-18(7-8)9-1-2-9/h5-6,8-9,16H,1-4,7,15H2,(H,17,19). The maximum atomic E-state index is 11.2. The van der Waals surface area contributed by atoms with Gasteiger partial charge in [-0.3, -0.25) is 9.88 Å². The number of fused-ring (bicyclic) bond motifs is 1. The van der Waals surface area contributed by atoms with Gasteiger partial charge in [0.25, 0.3) is 0 Å². The van der Waals surface area contributed by atoms with Gasteiger partial charge in [-0.15, -0.1) is 0 Å². The van der Waals surface area contributed by atoms with Crippen LogP contribution in [-0.2, 0) is 0 Å². The Morgan fingerprint density at radius 1 is 1.35 bits per heavy atom. The highest BCUT2D eigenvalue weighted by Gasteiger charge is 2.34. The molecule has 2 fully saturated rings. The second-order valence-corrected chi connectivity index (χ2v) is 5.81. The van der Waals surface area contributed by atoms with Gasteiger partial charge in [0.1, 0.15) is 0 Å². The number of rotatable bonds is 3. The Kier molecular flexibility index (Phi) is 2.53. The predicted molar refractivity (Wildman–Crippen MR) is 77.9 cm³/mol. The molecule has 1 saturated heterocycles. The third kappa shape index (κ3) is 2.06. The summed E-state index contributed by atoms with van der Waals surface area (Å²) in [5, 5.41) is 3.49. The largest absolute Gasteiger partial charge is 0.417 e. The van der Waals surface area contributed by atoms with Crippen molar-refractivity contribution in [2.45, 2.75) is 31.3 Å². The maximum absolute atomic E-state index is 11.2. The number of nitrogens with two attached hydrogens (primary N) is 1. The number of aromatic nitrogens is 1. The lowest BCUT2D eigenvalue weighted by Crippen LogP contribution is -2.27. The van der Waals surface area contributed by atoms with Gasteiger partial charge in [-0.2, -0.15) is 0 Å². The minimum absolute atomic E-state index is 0.425. The summed E-state index contributed by atoms with van der Waals surface area (Å²) in [6.07, 6.45) is 3.82. The number of aromatic amines is 1. The Morgan fingerprint density at radius 2 is 2.20 bits per heavy atom. The number of hydrogen-bond acceptors (Lipinski definition) is 5. The van der Waals surface area contributed by atoms with Gasteiger partial charge < -0.3 is 15.5 Å². The van der Waals surface area contributed by atoms with Crippen LogP contribution in [0.1, 0.15) is 19.3 Å². The van der Waals surface area contributed by atoms with Gasteiger partial charge in [-0.1, -0.05) is 0 Å². The Balaban J connectivity index is 1.55. The molecule has 6 nitrogen and oxygen atoms in total. The van der Waals surface area contributed by atoms with E-state index >= 15 is 0 Å². The molecule has 1 aromatic heterocycles. The Hall–Kier alpha value is -1.95. The van der Waals surface area contributed by atoms with Crippen molar-refractivity contribution < 1.29 is 4.42 Å². The predicted octanol–water partition coefficient (Wildman–Crippen LogP) is 1.35. The molecule has 106 valence electrons. The summed E-state index contributed by atoms with van der Waals surface area (Å²) in [7, 11) is 0. The van der Waals surface area contributed by atoms with Gasteiger partial charge in [-0.25, -0.2) is 4.79 Å². The van der Waals surface area contributed by atoms with Crippen LogP contribution in [0.15, 0.2) is 21.3 Å². The Morgan fingerprint density at radius 3 is 3.00 bits per heavy atom. The zero-order valence-electron chi connectivity index (χ0n) is 11.2. The smallest absolute Gasteiger partial charge is 0.408 e. The van der Waals surface area contributed by atoms with Gasteiger partial charge in [0.2, 0.25) is 0 Å². The molecule has 0 radical (unpaired) electrons. The minimum atomic E-state index is -0.447. The van der Waals surface area contributed by atoms with E-state index in [1.165, 1.54) is 12.8 Å². The first-order valence-corrected chi connectivity index (χ1v) is 7.12.